The third-order valence-electron chi connectivity index (χ3n) is 1.98. The molecule has 1 saturated heterocycles. The van der Waals surface area contributed by atoms with Crippen LogP contribution >= 0.6 is 0 Å². The van der Waals surface area contributed by atoms with E-state index in [-0.39, 0.29) is 12.4 Å². The largest absolute Gasteiger partial charge is 0.444 e. The Labute approximate surface area is 85.6 Å². The molecule has 5 heteroatoms. The van der Waals surface area contributed by atoms with Crippen molar-refractivity contribution in [2.45, 2.75) is 38.3 Å². The fourth-order valence-corrected chi connectivity index (χ4v) is 1.29. The number of ether oxygens (including phenoxy) is 1. The lowest BCUT2D eigenvalue weighted by Crippen LogP contribution is -2.35. The molecule has 78 valence electrons. The predicted octanol–water partition coefficient (Wildman–Crippen LogP) is 0.555. The topological polar surface area (TPSA) is 49.8 Å². The average molecular weight is 197 g/mol. The number of carbonyl (C=O) groups excluding carboxylic acids is 1. The first-order chi connectivity index (χ1) is 6.29. The van der Waals surface area contributed by atoms with Crippen LogP contribution in [0.5, 0.6) is 0 Å². The predicted molar refractivity (Wildman–Crippen MR) is 53.3 cm³/mol. The summed E-state index contributed by atoms with van der Waals surface area (Å²) < 4.78 is 5.14. The molecule has 2 atom stereocenters. The Bertz CT molecular complexity index is 217. The summed E-state index contributed by atoms with van der Waals surface area (Å²) in [6.07, 6.45) is -1.05. The maximum atomic E-state index is 11.5. The van der Waals surface area contributed by atoms with Gasteiger partial charge in [-0.1, -0.05) is 0 Å². The lowest BCUT2D eigenvalue weighted by molar-refractivity contribution is 0.0270. The molecule has 0 aromatic heterocycles. The van der Waals surface area contributed by atoms with Gasteiger partial charge in [0, 0.05) is 13.1 Å². The second-order valence-corrected chi connectivity index (χ2v) is 4.62. The fraction of sp³-hybridized carbons (Fsp3) is 0.889. The third-order valence-corrected chi connectivity index (χ3v) is 1.98. The smallest absolute Gasteiger partial charge is 0.410 e. The summed E-state index contributed by atoms with van der Waals surface area (Å²) in [6.45, 7) is 6.03. The molecule has 14 heavy (non-hydrogen) atoms. The van der Waals surface area contributed by atoms with Crippen LogP contribution in [0.15, 0.2) is 0 Å². The summed E-state index contributed by atoms with van der Waals surface area (Å²) >= 11 is 0. The standard InChI is InChI=1S/C9H16BNO3/c1-9(2,3)14-8(13)11-4-6(10)7(12)5-11/h6-7,12H,4-5H2,1-3H3/t6-,7-/m0/s1. The van der Waals surface area contributed by atoms with Gasteiger partial charge in [-0.3, -0.25) is 0 Å². The van der Waals surface area contributed by atoms with Crippen molar-refractivity contribution in [3.8, 4) is 0 Å². The third kappa shape index (κ3) is 2.91. The molecule has 0 unspecified atom stereocenters. The summed E-state index contributed by atoms with van der Waals surface area (Å²) in [7, 11) is 5.57. The minimum absolute atomic E-state index is 0.260. The van der Waals surface area contributed by atoms with Crippen LogP contribution in [-0.4, -0.2) is 48.7 Å². The van der Waals surface area contributed by atoms with E-state index in [1.165, 1.54) is 4.90 Å². The Morgan fingerprint density at radius 3 is 2.43 bits per heavy atom. The van der Waals surface area contributed by atoms with Gasteiger partial charge >= 0.3 is 6.09 Å². The van der Waals surface area contributed by atoms with E-state index >= 15 is 0 Å². The van der Waals surface area contributed by atoms with Crippen molar-refractivity contribution in [1.29, 1.82) is 0 Å². The van der Waals surface area contributed by atoms with Crippen LogP contribution in [0.1, 0.15) is 20.8 Å². The number of rotatable bonds is 0. The highest BCUT2D eigenvalue weighted by Gasteiger charge is 2.32. The number of carbonyl (C=O) groups is 1. The highest BCUT2D eigenvalue weighted by molar-refractivity contribution is 6.12. The van der Waals surface area contributed by atoms with Crippen LogP contribution in [-0.2, 0) is 4.74 Å². The molecule has 4 nitrogen and oxygen atoms in total. The summed E-state index contributed by atoms with van der Waals surface area (Å²) in [5.74, 6) is -0.359. The van der Waals surface area contributed by atoms with Gasteiger partial charge in [0.1, 0.15) is 5.60 Å². The van der Waals surface area contributed by atoms with E-state index in [0.717, 1.165) is 0 Å². The Hall–Kier alpha value is -0.705. The maximum absolute atomic E-state index is 11.5. The molecule has 1 amide bonds. The normalized spacial score (nSPS) is 27.9. The molecular weight excluding hydrogens is 181 g/mol. The van der Waals surface area contributed by atoms with E-state index in [2.05, 4.69) is 0 Å². The van der Waals surface area contributed by atoms with Crippen molar-refractivity contribution in [2.24, 2.45) is 0 Å². The van der Waals surface area contributed by atoms with Crippen molar-refractivity contribution in [3.63, 3.8) is 0 Å². The second kappa shape index (κ2) is 3.81. The summed E-state index contributed by atoms with van der Waals surface area (Å²) in [6, 6.07) is 0. The van der Waals surface area contributed by atoms with Gasteiger partial charge < -0.3 is 14.7 Å². The minimum Gasteiger partial charge on any atom is -0.444 e. The van der Waals surface area contributed by atoms with E-state index in [9.17, 15) is 9.90 Å². The van der Waals surface area contributed by atoms with Crippen molar-refractivity contribution in [1.82, 2.24) is 4.90 Å². The average Bonchev–Trinajstić information content (AvgIpc) is 2.28. The number of likely N-dealkylation sites (tertiary alicyclic amines) is 1. The molecule has 0 aromatic rings. The first kappa shape index (κ1) is 11.4. The molecular formula is C9H16BNO3. The zero-order chi connectivity index (χ0) is 10.9. The van der Waals surface area contributed by atoms with Gasteiger partial charge in [0.15, 0.2) is 0 Å². The number of aliphatic hydroxyl groups excluding tert-OH is 1. The maximum Gasteiger partial charge on any atom is 0.410 e. The summed E-state index contributed by atoms with van der Waals surface area (Å²) in [5, 5.41) is 9.34. The molecule has 1 aliphatic heterocycles. The Kier molecular flexibility index (Phi) is 3.09. The van der Waals surface area contributed by atoms with Gasteiger partial charge in [0.05, 0.1) is 14.0 Å². The number of aliphatic hydroxyl groups is 1. The van der Waals surface area contributed by atoms with Crippen LogP contribution in [0, 0.1) is 0 Å². The molecule has 1 heterocycles. The molecule has 0 bridgehead atoms. The van der Waals surface area contributed by atoms with Gasteiger partial charge in [-0.25, -0.2) is 4.79 Å². The Morgan fingerprint density at radius 2 is 2.07 bits per heavy atom. The zero-order valence-corrected chi connectivity index (χ0v) is 8.86. The van der Waals surface area contributed by atoms with Crippen molar-refractivity contribution < 1.29 is 14.6 Å². The van der Waals surface area contributed by atoms with Crippen LogP contribution in [0.2, 0.25) is 5.82 Å². The number of hydrogen-bond acceptors (Lipinski definition) is 3. The first-order valence-electron chi connectivity index (χ1n) is 4.71. The fourth-order valence-electron chi connectivity index (χ4n) is 1.29. The molecule has 0 aliphatic carbocycles. The van der Waals surface area contributed by atoms with Gasteiger partial charge in [0.2, 0.25) is 0 Å². The van der Waals surface area contributed by atoms with E-state index in [1.54, 1.807) is 20.8 Å². The molecule has 1 aliphatic rings. The van der Waals surface area contributed by atoms with Crippen molar-refractivity contribution in [3.05, 3.63) is 0 Å². The molecule has 0 aromatic carbocycles. The summed E-state index contributed by atoms with van der Waals surface area (Å²) in [4.78, 5) is 12.9. The highest BCUT2D eigenvalue weighted by atomic mass is 16.6. The number of hydrogen-bond donors (Lipinski definition) is 1. The lowest BCUT2D eigenvalue weighted by atomic mass is 9.85. The van der Waals surface area contributed by atoms with E-state index < -0.39 is 17.8 Å². The Balaban J connectivity index is 2.48. The van der Waals surface area contributed by atoms with Crippen molar-refractivity contribution in [2.75, 3.05) is 13.1 Å². The van der Waals surface area contributed by atoms with Crippen molar-refractivity contribution >= 4 is 13.9 Å². The van der Waals surface area contributed by atoms with E-state index in [1.807, 2.05) is 0 Å². The molecule has 0 saturated carbocycles. The molecule has 1 N–H and O–H groups in total. The summed E-state index contributed by atoms with van der Waals surface area (Å²) in [5.41, 5.74) is -0.505. The highest BCUT2D eigenvalue weighted by Crippen LogP contribution is 2.21. The number of β-amino-alcohol motifs (C(OH)–C–C–N with tert-alkyl or cyclic N) is 1. The molecule has 1 rings (SSSR count). The van der Waals surface area contributed by atoms with Crippen LogP contribution in [0.3, 0.4) is 0 Å². The van der Waals surface area contributed by atoms with Gasteiger partial charge in [-0.15, -0.1) is 0 Å². The van der Waals surface area contributed by atoms with Crippen LogP contribution in [0.4, 0.5) is 4.79 Å². The lowest BCUT2D eigenvalue weighted by Gasteiger charge is -2.24. The monoisotopic (exact) mass is 197 g/mol. The Morgan fingerprint density at radius 1 is 1.50 bits per heavy atom. The SMILES string of the molecule is [B][C@H]1CN(C(=O)OC(C)(C)C)C[C@@H]1O. The van der Waals surface area contributed by atoms with E-state index in [4.69, 9.17) is 12.6 Å². The first-order valence-corrected chi connectivity index (χ1v) is 4.71. The van der Waals surface area contributed by atoms with E-state index in [0.29, 0.717) is 6.54 Å². The molecule has 0 spiro atoms. The molecule has 1 fully saturated rings. The number of nitrogens with zero attached hydrogens (tertiary/aromatic N) is 1. The van der Waals surface area contributed by atoms with Gasteiger partial charge in [-0.2, -0.15) is 0 Å². The number of amides is 1. The van der Waals surface area contributed by atoms with Crippen LogP contribution in [0.25, 0.3) is 0 Å². The molecule has 2 radical (unpaired) electrons. The van der Waals surface area contributed by atoms with Gasteiger partial charge in [0.25, 0.3) is 0 Å². The second-order valence-electron chi connectivity index (χ2n) is 4.62. The minimum atomic E-state index is -0.637. The van der Waals surface area contributed by atoms with Gasteiger partial charge in [-0.05, 0) is 26.6 Å². The zero-order valence-electron chi connectivity index (χ0n) is 8.86. The quantitative estimate of drug-likeness (QED) is 0.577. The van der Waals surface area contributed by atoms with Crippen LogP contribution < -0.4 is 0 Å².